The zero-order chi connectivity index (χ0) is 13.7. The normalized spacial score (nSPS) is 10.0. The molecule has 1 amide bonds. The number of nitrogens with one attached hydrogen (secondary N) is 2. The van der Waals surface area contributed by atoms with Crippen molar-refractivity contribution in [2.45, 2.75) is 13.5 Å². The van der Waals surface area contributed by atoms with Gasteiger partial charge in [-0.15, -0.1) is 0 Å². The smallest absolute Gasteiger partial charge is 0.270 e. The van der Waals surface area contributed by atoms with Crippen LogP contribution in [0.3, 0.4) is 0 Å². The van der Waals surface area contributed by atoms with E-state index in [9.17, 15) is 4.79 Å². The van der Waals surface area contributed by atoms with Gasteiger partial charge in [0.05, 0.1) is 0 Å². The van der Waals surface area contributed by atoms with Gasteiger partial charge >= 0.3 is 0 Å². The zero-order valence-corrected chi connectivity index (χ0v) is 10.6. The minimum Gasteiger partial charge on any atom is -0.347 e. The highest BCUT2D eigenvalue weighted by Gasteiger charge is 2.08. The maximum absolute atomic E-state index is 11.9. The third kappa shape index (κ3) is 3.26. The van der Waals surface area contributed by atoms with Crippen LogP contribution in [0.1, 0.15) is 21.6 Å². The number of pyridine rings is 2. The van der Waals surface area contributed by atoms with Crippen molar-refractivity contribution in [2.24, 2.45) is 5.84 Å². The Bertz CT molecular complexity index is 585. The predicted molar refractivity (Wildman–Crippen MR) is 72.2 cm³/mol. The summed E-state index contributed by atoms with van der Waals surface area (Å²) in [5.74, 6) is 5.45. The lowest BCUT2D eigenvalue weighted by Crippen LogP contribution is -2.24. The summed E-state index contributed by atoms with van der Waals surface area (Å²) in [4.78, 5) is 20.0. The number of hydrogen-bond acceptors (Lipinski definition) is 5. The quantitative estimate of drug-likeness (QED) is 0.561. The molecule has 0 aromatic carbocycles. The van der Waals surface area contributed by atoms with Gasteiger partial charge in [-0.2, -0.15) is 0 Å². The van der Waals surface area contributed by atoms with Gasteiger partial charge in [0.2, 0.25) is 0 Å². The number of carbonyl (C=O) groups is 1. The van der Waals surface area contributed by atoms with Gasteiger partial charge in [0.1, 0.15) is 11.5 Å². The average Bonchev–Trinajstić information content (AvgIpc) is 2.46. The summed E-state index contributed by atoms with van der Waals surface area (Å²) in [6, 6.07) is 6.93. The summed E-state index contributed by atoms with van der Waals surface area (Å²) >= 11 is 0. The highest BCUT2D eigenvalue weighted by Crippen LogP contribution is 2.06. The largest absolute Gasteiger partial charge is 0.347 e. The molecule has 2 aromatic rings. The van der Waals surface area contributed by atoms with Crippen LogP contribution in [0.15, 0.2) is 36.7 Å². The molecule has 98 valence electrons. The van der Waals surface area contributed by atoms with Crippen LogP contribution in [0.5, 0.6) is 0 Å². The average molecular weight is 257 g/mol. The van der Waals surface area contributed by atoms with Crippen LogP contribution in [-0.2, 0) is 6.54 Å². The van der Waals surface area contributed by atoms with Crippen LogP contribution in [-0.4, -0.2) is 15.9 Å². The van der Waals surface area contributed by atoms with E-state index in [-0.39, 0.29) is 5.91 Å². The van der Waals surface area contributed by atoms with Gasteiger partial charge in [0, 0.05) is 18.9 Å². The second kappa shape index (κ2) is 5.92. The van der Waals surface area contributed by atoms with E-state index in [0.717, 1.165) is 11.1 Å². The molecule has 0 radical (unpaired) electrons. The third-order valence-electron chi connectivity index (χ3n) is 2.72. The molecule has 2 aromatic heterocycles. The highest BCUT2D eigenvalue weighted by atomic mass is 16.1. The van der Waals surface area contributed by atoms with E-state index in [4.69, 9.17) is 5.84 Å². The molecule has 2 rings (SSSR count). The number of amides is 1. The first-order chi connectivity index (χ1) is 9.20. The summed E-state index contributed by atoms with van der Waals surface area (Å²) < 4.78 is 0. The van der Waals surface area contributed by atoms with Crippen molar-refractivity contribution in [3.63, 3.8) is 0 Å². The molecule has 0 unspecified atom stereocenters. The minimum absolute atomic E-state index is 0.250. The standard InChI is InChI=1S/C13H15N5O/c1-9-5-6-15-7-10(9)8-16-13(19)11-3-2-4-12(17-11)18-14/h2-7H,8,14H2,1H3,(H,16,19)(H,17,18). The molecule has 0 spiro atoms. The topological polar surface area (TPSA) is 92.9 Å². The predicted octanol–water partition coefficient (Wildman–Crippen LogP) is 1.00. The Morgan fingerprint density at radius 1 is 1.37 bits per heavy atom. The van der Waals surface area contributed by atoms with Gasteiger partial charge in [-0.25, -0.2) is 10.8 Å². The van der Waals surface area contributed by atoms with Crippen molar-refractivity contribution >= 4 is 11.7 Å². The van der Waals surface area contributed by atoms with E-state index in [2.05, 4.69) is 20.7 Å². The van der Waals surface area contributed by atoms with Crippen molar-refractivity contribution in [3.05, 3.63) is 53.5 Å². The Labute approximate surface area is 111 Å². The fraction of sp³-hybridized carbons (Fsp3) is 0.154. The second-order valence-electron chi connectivity index (χ2n) is 4.04. The fourth-order valence-corrected chi connectivity index (χ4v) is 1.59. The van der Waals surface area contributed by atoms with Gasteiger partial charge < -0.3 is 10.7 Å². The Balaban J connectivity index is 2.03. The van der Waals surface area contributed by atoms with Crippen molar-refractivity contribution in [2.75, 3.05) is 5.43 Å². The molecule has 0 aliphatic carbocycles. The van der Waals surface area contributed by atoms with E-state index in [1.807, 2.05) is 13.0 Å². The monoisotopic (exact) mass is 257 g/mol. The van der Waals surface area contributed by atoms with Gasteiger partial charge in [0.15, 0.2) is 0 Å². The summed E-state index contributed by atoms with van der Waals surface area (Å²) in [6.07, 6.45) is 3.46. The lowest BCUT2D eigenvalue weighted by molar-refractivity contribution is 0.0946. The van der Waals surface area contributed by atoms with Crippen LogP contribution >= 0.6 is 0 Å². The number of rotatable bonds is 4. The molecule has 4 N–H and O–H groups in total. The molecule has 0 bridgehead atoms. The van der Waals surface area contributed by atoms with E-state index in [1.165, 1.54) is 0 Å². The molecule has 0 aliphatic heterocycles. The third-order valence-corrected chi connectivity index (χ3v) is 2.72. The summed E-state index contributed by atoms with van der Waals surface area (Å²) in [7, 11) is 0. The molecule has 6 nitrogen and oxygen atoms in total. The van der Waals surface area contributed by atoms with Crippen molar-refractivity contribution in [3.8, 4) is 0 Å². The number of nitrogens with two attached hydrogens (primary N) is 1. The second-order valence-corrected chi connectivity index (χ2v) is 4.04. The molecule has 0 saturated carbocycles. The summed E-state index contributed by atoms with van der Waals surface area (Å²) in [5.41, 5.74) is 4.78. The highest BCUT2D eigenvalue weighted by molar-refractivity contribution is 5.92. The number of nitrogen functional groups attached to an aromatic ring is 1. The Morgan fingerprint density at radius 3 is 2.95 bits per heavy atom. The van der Waals surface area contributed by atoms with Crippen LogP contribution in [0.25, 0.3) is 0 Å². The van der Waals surface area contributed by atoms with Crippen LogP contribution < -0.4 is 16.6 Å². The Kier molecular flexibility index (Phi) is 4.04. The van der Waals surface area contributed by atoms with Crippen molar-refractivity contribution in [1.82, 2.24) is 15.3 Å². The molecule has 0 saturated heterocycles. The first-order valence-electron chi connectivity index (χ1n) is 5.82. The van der Waals surface area contributed by atoms with Crippen LogP contribution in [0.4, 0.5) is 5.82 Å². The SMILES string of the molecule is Cc1ccncc1CNC(=O)c1cccc(NN)n1. The van der Waals surface area contributed by atoms with Gasteiger partial charge in [-0.1, -0.05) is 6.07 Å². The van der Waals surface area contributed by atoms with E-state index < -0.39 is 0 Å². The van der Waals surface area contributed by atoms with E-state index in [1.54, 1.807) is 30.6 Å². The lowest BCUT2D eigenvalue weighted by Gasteiger charge is -2.07. The number of aryl methyl sites for hydroxylation is 1. The number of anilines is 1. The number of hydrazine groups is 1. The number of hydrogen-bond donors (Lipinski definition) is 3. The molecule has 2 heterocycles. The molecule has 0 atom stereocenters. The number of nitrogens with zero attached hydrogens (tertiary/aromatic N) is 2. The Hall–Kier alpha value is -2.47. The van der Waals surface area contributed by atoms with Crippen LogP contribution in [0.2, 0.25) is 0 Å². The minimum atomic E-state index is -0.250. The van der Waals surface area contributed by atoms with Gasteiger partial charge in [0.25, 0.3) is 5.91 Å². The number of carbonyl (C=O) groups excluding carboxylic acids is 1. The first kappa shape index (κ1) is 13.0. The van der Waals surface area contributed by atoms with E-state index >= 15 is 0 Å². The summed E-state index contributed by atoms with van der Waals surface area (Å²) in [5, 5.41) is 2.80. The van der Waals surface area contributed by atoms with E-state index in [0.29, 0.717) is 18.1 Å². The maximum atomic E-state index is 11.9. The molecule has 0 aliphatic rings. The van der Waals surface area contributed by atoms with Crippen molar-refractivity contribution in [1.29, 1.82) is 0 Å². The molecule has 6 heteroatoms. The fourth-order valence-electron chi connectivity index (χ4n) is 1.59. The maximum Gasteiger partial charge on any atom is 0.270 e. The zero-order valence-electron chi connectivity index (χ0n) is 10.6. The number of aromatic nitrogens is 2. The van der Waals surface area contributed by atoms with Gasteiger partial charge in [-0.05, 0) is 36.2 Å². The molecular weight excluding hydrogens is 242 g/mol. The van der Waals surface area contributed by atoms with Gasteiger partial charge in [-0.3, -0.25) is 9.78 Å². The molecule has 0 fully saturated rings. The summed E-state index contributed by atoms with van der Waals surface area (Å²) in [6.45, 7) is 2.39. The van der Waals surface area contributed by atoms with Crippen molar-refractivity contribution < 1.29 is 4.79 Å². The lowest BCUT2D eigenvalue weighted by atomic mass is 10.1. The van der Waals surface area contributed by atoms with Crippen LogP contribution in [0, 0.1) is 6.92 Å². The molecule has 19 heavy (non-hydrogen) atoms. The molecular formula is C13H15N5O. The first-order valence-corrected chi connectivity index (χ1v) is 5.82. The Morgan fingerprint density at radius 2 is 2.21 bits per heavy atom.